The van der Waals surface area contributed by atoms with E-state index in [1.807, 2.05) is 24.3 Å². The van der Waals surface area contributed by atoms with Crippen LogP contribution in [0.2, 0.25) is 5.02 Å². The van der Waals surface area contributed by atoms with Crippen LogP contribution in [0.1, 0.15) is 41.2 Å². The average molecular weight is 477 g/mol. The highest BCUT2D eigenvalue weighted by molar-refractivity contribution is 9.10. The van der Waals surface area contributed by atoms with E-state index in [0.717, 1.165) is 21.3 Å². The zero-order chi connectivity index (χ0) is 21.1. The molecule has 0 saturated carbocycles. The molecule has 0 atom stereocenters. The van der Waals surface area contributed by atoms with Crippen LogP contribution in [-0.4, -0.2) is 16.1 Å². The first-order valence-electron chi connectivity index (χ1n) is 9.20. The maximum Gasteiger partial charge on any atom is 0.337 e. The molecule has 1 N–H and O–H groups in total. The number of nitrogens with zero attached hydrogens (tertiary/aromatic N) is 1. The smallest absolute Gasteiger partial charge is 0.337 e. The van der Waals surface area contributed by atoms with Gasteiger partial charge in [-0.3, -0.25) is 4.98 Å². The molecule has 0 aliphatic carbocycles. The van der Waals surface area contributed by atoms with E-state index in [2.05, 4.69) is 29.8 Å². The summed E-state index contributed by atoms with van der Waals surface area (Å²) in [5.74, 6) is -1.15. The number of carbonyl (C=O) groups is 1. The molecule has 6 heteroatoms. The summed E-state index contributed by atoms with van der Waals surface area (Å²) in [6.45, 7) is 4.18. The van der Waals surface area contributed by atoms with Crippen LogP contribution in [0.25, 0.3) is 11.1 Å². The Labute approximate surface area is 182 Å². The number of rotatable bonds is 6. The van der Waals surface area contributed by atoms with Gasteiger partial charge in [0.25, 0.3) is 0 Å². The first-order valence-corrected chi connectivity index (χ1v) is 10.4. The number of hydrogen-bond donors (Lipinski definition) is 1. The Morgan fingerprint density at radius 2 is 1.83 bits per heavy atom. The SMILES string of the molecule is CC(C)Cc1nc(Cc2ccc(F)cc2Cl)c(C(=O)O)cc1-c1ccc(Br)cc1. The molecule has 3 nitrogen and oxygen atoms in total. The monoisotopic (exact) mass is 475 g/mol. The van der Waals surface area contributed by atoms with Gasteiger partial charge in [0.05, 0.1) is 11.3 Å². The van der Waals surface area contributed by atoms with Gasteiger partial charge in [0.1, 0.15) is 5.82 Å². The number of aromatic carboxylic acids is 1. The fourth-order valence-corrected chi connectivity index (χ4v) is 3.68. The van der Waals surface area contributed by atoms with E-state index in [9.17, 15) is 14.3 Å². The van der Waals surface area contributed by atoms with Crippen LogP contribution >= 0.6 is 27.5 Å². The molecule has 0 unspecified atom stereocenters. The van der Waals surface area contributed by atoms with Crippen LogP contribution in [-0.2, 0) is 12.8 Å². The number of carboxylic acid groups (broad SMARTS) is 1. The number of aromatic nitrogens is 1. The second kappa shape index (κ2) is 9.06. The molecular formula is C23H20BrClFNO2. The lowest BCUT2D eigenvalue weighted by Gasteiger charge is -2.16. The molecular weight excluding hydrogens is 457 g/mol. The molecule has 0 aliphatic heterocycles. The summed E-state index contributed by atoms with van der Waals surface area (Å²) < 4.78 is 14.3. The Hall–Kier alpha value is -2.24. The van der Waals surface area contributed by atoms with Crippen molar-refractivity contribution < 1.29 is 14.3 Å². The maximum atomic E-state index is 13.4. The van der Waals surface area contributed by atoms with Crippen molar-refractivity contribution >= 4 is 33.5 Å². The molecule has 150 valence electrons. The molecule has 3 rings (SSSR count). The van der Waals surface area contributed by atoms with Crippen molar-refractivity contribution in [2.75, 3.05) is 0 Å². The van der Waals surface area contributed by atoms with Gasteiger partial charge < -0.3 is 5.11 Å². The highest BCUT2D eigenvalue weighted by Gasteiger charge is 2.19. The first-order chi connectivity index (χ1) is 13.7. The quantitative estimate of drug-likeness (QED) is 0.426. The standard InChI is InChI=1S/C23H20BrClFNO2/c1-13(2)9-21-18(14-3-6-16(24)7-4-14)12-19(23(28)29)22(27-21)10-15-5-8-17(26)11-20(15)25/h3-8,11-13H,9-10H2,1-2H3,(H,28,29). The van der Waals surface area contributed by atoms with Gasteiger partial charge in [0.2, 0.25) is 0 Å². The summed E-state index contributed by atoms with van der Waals surface area (Å²) in [6, 6.07) is 13.5. The van der Waals surface area contributed by atoms with Gasteiger partial charge in [0.15, 0.2) is 0 Å². The Bertz CT molecular complexity index is 1050. The van der Waals surface area contributed by atoms with Gasteiger partial charge in [-0.1, -0.05) is 59.6 Å². The highest BCUT2D eigenvalue weighted by Crippen LogP contribution is 2.30. The number of carboxylic acids is 1. The number of pyridine rings is 1. The molecule has 0 radical (unpaired) electrons. The molecule has 1 aromatic heterocycles. The Balaban J connectivity index is 2.15. The zero-order valence-corrected chi connectivity index (χ0v) is 18.4. The van der Waals surface area contributed by atoms with Crippen molar-refractivity contribution in [3.05, 3.63) is 86.4 Å². The van der Waals surface area contributed by atoms with Gasteiger partial charge in [-0.15, -0.1) is 0 Å². The predicted molar refractivity (Wildman–Crippen MR) is 117 cm³/mol. The third kappa shape index (κ3) is 5.22. The van der Waals surface area contributed by atoms with Crippen LogP contribution in [0, 0.1) is 11.7 Å². The maximum absolute atomic E-state index is 13.4. The fourth-order valence-electron chi connectivity index (χ4n) is 3.18. The van der Waals surface area contributed by atoms with Crippen LogP contribution in [0.3, 0.4) is 0 Å². The minimum atomic E-state index is -1.06. The molecule has 29 heavy (non-hydrogen) atoms. The largest absolute Gasteiger partial charge is 0.478 e. The van der Waals surface area contributed by atoms with Gasteiger partial charge in [-0.25, -0.2) is 9.18 Å². The van der Waals surface area contributed by atoms with Gasteiger partial charge in [-0.2, -0.15) is 0 Å². The van der Waals surface area contributed by atoms with Gasteiger partial charge in [-0.05, 0) is 53.8 Å². The minimum absolute atomic E-state index is 0.121. The van der Waals surface area contributed by atoms with E-state index >= 15 is 0 Å². The molecule has 2 aromatic carbocycles. The normalized spacial score (nSPS) is 11.1. The molecule has 0 aliphatic rings. The van der Waals surface area contributed by atoms with Crippen LogP contribution in [0.4, 0.5) is 4.39 Å². The first kappa shape index (κ1) is 21.5. The zero-order valence-electron chi connectivity index (χ0n) is 16.0. The van der Waals surface area contributed by atoms with Gasteiger partial charge >= 0.3 is 5.97 Å². The third-order valence-electron chi connectivity index (χ3n) is 4.54. The van der Waals surface area contributed by atoms with Crippen LogP contribution < -0.4 is 0 Å². The number of hydrogen-bond acceptors (Lipinski definition) is 2. The summed E-state index contributed by atoms with van der Waals surface area (Å²) in [6.07, 6.45) is 0.919. The van der Waals surface area contributed by atoms with Crippen molar-refractivity contribution in [1.29, 1.82) is 0 Å². The topological polar surface area (TPSA) is 50.2 Å². The summed E-state index contributed by atoms with van der Waals surface area (Å²) >= 11 is 9.58. The van der Waals surface area contributed by atoms with Crippen molar-refractivity contribution in [2.45, 2.75) is 26.7 Å². The minimum Gasteiger partial charge on any atom is -0.478 e. The molecule has 1 heterocycles. The fraction of sp³-hybridized carbons (Fsp3) is 0.217. The summed E-state index contributed by atoms with van der Waals surface area (Å²) in [5.41, 5.74) is 3.72. The molecule has 0 saturated heterocycles. The summed E-state index contributed by atoms with van der Waals surface area (Å²) in [5, 5.41) is 10.1. The van der Waals surface area contributed by atoms with Crippen LogP contribution in [0.15, 0.2) is 53.0 Å². The van der Waals surface area contributed by atoms with Crippen molar-refractivity contribution in [2.24, 2.45) is 5.92 Å². The molecule has 0 amide bonds. The molecule has 3 aromatic rings. The predicted octanol–water partition coefficient (Wildman–Crippen LogP) is 6.79. The molecule has 0 bridgehead atoms. The lowest BCUT2D eigenvalue weighted by atomic mass is 9.94. The lowest BCUT2D eigenvalue weighted by molar-refractivity contribution is 0.0695. The van der Waals surface area contributed by atoms with Crippen molar-refractivity contribution in [3.8, 4) is 11.1 Å². The molecule has 0 fully saturated rings. The Morgan fingerprint density at radius 3 is 2.41 bits per heavy atom. The van der Waals surface area contributed by atoms with E-state index in [4.69, 9.17) is 16.6 Å². The van der Waals surface area contributed by atoms with E-state index in [0.29, 0.717) is 23.6 Å². The second-order valence-corrected chi connectivity index (χ2v) is 8.62. The van der Waals surface area contributed by atoms with E-state index in [1.54, 1.807) is 12.1 Å². The third-order valence-corrected chi connectivity index (χ3v) is 5.42. The molecule has 0 spiro atoms. The van der Waals surface area contributed by atoms with E-state index < -0.39 is 11.8 Å². The number of benzene rings is 2. The lowest BCUT2D eigenvalue weighted by Crippen LogP contribution is -2.11. The summed E-state index contributed by atoms with van der Waals surface area (Å²) in [7, 11) is 0. The average Bonchev–Trinajstić information content (AvgIpc) is 2.64. The summed E-state index contributed by atoms with van der Waals surface area (Å²) in [4.78, 5) is 16.7. The number of halogens is 3. The van der Waals surface area contributed by atoms with E-state index in [-0.39, 0.29) is 17.0 Å². The Kier molecular flexibility index (Phi) is 6.70. The Morgan fingerprint density at radius 1 is 1.14 bits per heavy atom. The highest BCUT2D eigenvalue weighted by atomic mass is 79.9. The van der Waals surface area contributed by atoms with E-state index in [1.165, 1.54) is 12.1 Å². The van der Waals surface area contributed by atoms with Crippen molar-refractivity contribution in [1.82, 2.24) is 4.98 Å². The van der Waals surface area contributed by atoms with Crippen LogP contribution in [0.5, 0.6) is 0 Å². The van der Waals surface area contributed by atoms with Gasteiger partial charge in [0, 0.05) is 27.2 Å². The second-order valence-electron chi connectivity index (χ2n) is 7.30. The van der Waals surface area contributed by atoms with Crippen molar-refractivity contribution in [3.63, 3.8) is 0 Å².